The van der Waals surface area contributed by atoms with Crippen LogP contribution in [0.5, 0.6) is 0 Å². The first-order valence-electron chi connectivity index (χ1n) is 16.2. The van der Waals surface area contributed by atoms with Crippen LogP contribution in [-0.2, 0) is 0 Å². The molecule has 0 fully saturated rings. The smallest absolute Gasteiger partial charge is 0.307 e. The lowest BCUT2D eigenvalue weighted by Crippen LogP contribution is -2.06. The Labute approximate surface area is 280 Å². The van der Waals surface area contributed by atoms with Gasteiger partial charge in [-0.05, 0) is 30.3 Å². The van der Waals surface area contributed by atoms with E-state index in [1.807, 2.05) is 84.9 Å². The van der Waals surface area contributed by atoms with Gasteiger partial charge in [0.05, 0.1) is 22.2 Å². The molecule has 0 aliphatic rings. The van der Waals surface area contributed by atoms with Crippen molar-refractivity contribution in [1.82, 2.24) is 28.9 Å². The van der Waals surface area contributed by atoms with Crippen LogP contribution in [0.15, 0.2) is 162 Å². The molecule has 0 N–H and O–H groups in total. The molecule has 4 heterocycles. The van der Waals surface area contributed by atoms with Crippen LogP contribution in [0.2, 0.25) is 0 Å². The van der Waals surface area contributed by atoms with Gasteiger partial charge in [-0.3, -0.25) is 8.97 Å². The van der Waals surface area contributed by atoms with E-state index in [-0.39, 0.29) is 0 Å². The van der Waals surface area contributed by atoms with Crippen LogP contribution in [0.3, 0.4) is 0 Å². The Morgan fingerprint density at radius 2 is 1.00 bits per heavy atom. The first-order chi connectivity index (χ1) is 24.3. The summed E-state index contributed by atoms with van der Waals surface area (Å²) in [7, 11) is 0. The van der Waals surface area contributed by atoms with Gasteiger partial charge in [0, 0.05) is 33.0 Å². The predicted molar refractivity (Wildman–Crippen MR) is 194 cm³/mol. The van der Waals surface area contributed by atoms with Gasteiger partial charge in [0.1, 0.15) is 5.69 Å². The van der Waals surface area contributed by atoms with E-state index in [4.69, 9.17) is 24.4 Å². The zero-order valence-corrected chi connectivity index (χ0v) is 26.1. The predicted octanol–water partition coefficient (Wildman–Crippen LogP) is 10.0. The molecule has 10 aromatic rings. The molecule has 0 bridgehead atoms. The van der Waals surface area contributed by atoms with Gasteiger partial charge in [-0.2, -0.15) is 15.0 Å². The van der Waals surface area contributed by atoms with Crippen LogP contribution in [-0.4, -0.2) is 28.9 Å². The number of fused-ring (bicyclic) bond motifs is 6. The van der Waals surface area contributed by atoms with Crippen LogP contribution >= 0.6 is 0 Å². The summed E-state index contributed by atoms with van der Waals surface area (Å²) in [6.45, 7) is 0. The largest absolute Gasteiger partial charge is 0.423 e. The van der Waals surface area contributed by atoms with Gasteiger partial charge in [0.15, 0.2) is 17.2 Å². The summed E-state index contributed by atoms with van der Waals surface area (Å²) in [5, 5.41) is 2.17. The van der Waals surface area contributed by atoms with Crippen molar-refractivity contribution in [2.24, 2.45) is 0 Å². The molecule has 6 aromatic carbocycles. The fraction of sp³-hybridized carbons (Fsp3) is 0. The molecule has 0 saturated heterocycles. The fourth-order valence-electron chi connectivity index (χ4n) is 6.81. The maximum atomic E-state index is 6.26. The lowest BCUT2D eigenvalue weighted by atomic mass is 10.0. The minimum Gasteiger partial charge on any atom is -0.423 e. The lowest BCUT2D eigenvalue weighted by molar-refractivity contribution is 0.642. The summed E-state index contributed by atoms with van der Waals surface area (Å²) in [4.78, 5) is 20.2. The number of imidazole rings is 1. The van der Waals surface area contributed by atoms with Gasteiger partial charge < -0.3 is 4.42 Å². The molecule has 0 spiro atoms. The quantitative estimate of drug-likeness (QED) is 0.189. The number of hydrogen-bond acceptors (Lipinski definition) is 5. The standard InChI is InChI=1S/C42H26N6O/c1-4-14-27(15-5-1)38-37(43-42-48(38)35-22-12-13-23-36(35)49-42)30-24-25-34-32(26-30)31-20-10-11-21-33(31)47(34)41-45-39(28-16-6-2-7-17-28)44-40(46-41)29-18-8-3-9-19-29/h1-26H. The third kappa shape index (κ3) is 4.37. The monoisotopic (exact) mass is 630 g/mol. The molecule has 4 aromatic heterocycles. The second-order valence-corrected chi connectivity index (χ2v) is 12.0. The number of oxazole rings is 1. The van der Waals surface area contributed by atoms with Gasteiger partial charge in [0.2, 0.25) is 5.95 Å². The molecule has 0 amide bonds. The highest BCUT2D eigenvalue weighted by Gasteiger charge is 2.23. The van der Waals surface area contributed by atoms with Crippen molar-refractivity contribution in [3.8, 4) is 51.2 Å². The maximum Gasteiger partial charge on any atom is 0.307 e. The SMILES string of the molecule is c1ccc(-c2nc(-c3ccccc3)nc(-n3c4ccccc4c4cc(-c5nc6oc7ccccc7n6c5-c5ccccc5)ccc43)n2)cc1. The third-order valence-corrected chi connectivity index (χ3v) is 9.03. The molecule has 0 aliphatic heterocycles. The summed E-state index contributed by atoms with van der Waals surface area (Å²) in [6, 6.07) is 53.5. The molecule has 0 aliphatic carbocycles. The van der Waals surface area contributed by atoms with Crippen LogP contribution in [0.25, 0.3) is 90.0 Å². The number of aromatic nitrogens is 6. The molecule has 7 nitrogen and oxygen atoms in total. The highest BCUT2D eigenvalue weighted by atomic mass is 16.4. The fourth-order valence-corrected chi connectivity index (χ4v) is 6.81. The number of para-hydroxylation sites is 3. The minimum atomic E-state index is 0.558. The Bertz CT molecular complexity index is 2760. The Balaban J connectivity index is 1.22. The molecule has 0 radical (unpaired) electrons. The van der Waals surface area contributed by atoms with Gasteiger partial charge in [0.25, 0.3) is 0 Å². The highest BCUT2D eigenvalue weighted by Crippen LogP contribution is 2.39. The van der Waals surface area contributed by atoms with Crippen molar-refractivity contribution in [3.63, 3.8) is 0 Å². The topological polar surface area (TPSA) is 74.0 Å². The van der Waals surface area contributed by atoms with E-state index in [1.165, 1.54) is 0 Å². The van der Waals surface area contributed by atoms with Gasteiger partial charge in [-0.1, -0.05) is 127 Å². The van der Waals surface area contributed by atoms with Crippen molar-refractivity contribution in [1.29, 1.82) is 0 Å². The zero-order chi connectivity index (χ0) is 32.3. The Hall–Kier alpha value is -6.86. The molecule has 0 atom stereocenters. The molecule has 0 unspecified atom stereocenters. The minimum absolute atomic E-state index is 0.558. The first-order valence-corrected chi connectivity index (χ1v) is 16.2. The number of benzene rings is 6. The van der Waals surface area contributed by atoms with E-state index in [0.29, 0.717) is 23.4 Å². The first kappa shape index (κ1) is 27.3. The molecular weight excluding hydrogens is 605 g/mol. The van der Waals surface area contributed by atoms with E-state index >= 15 is 0 Å². The van der Waals surface area contributed by atoms with Gasteiger partial charge in [-0.15, -0.1) is 0 Å². The Kier molecular flexibility index (Phi) is 6.04. The highest BCUT2D eigenvalue weighted by molar-refractivity contribution is 6.10. The van der Waals surface area contributed by atoms with Gasteiger partial charge in [-0.25, -0.2) is 4.98 Å². The molecule has 0 saturated carbocycles. The van der Waals surface area contributed by atoms with Crippen molar-refractivity contribution >= 4 is 38.7 Å². The van der Waals surface area contributed by atoms with Crippen LogP contribution in [0.1, 0.15) is 0 Å². The molecular formula is C42H26N6O. The molecule has 49 heavy (non-hydrogen) atoms. The average molecular weight is 631 g/mol. The summed E-state index contributed by atoms with van der Waals surface area (Å²) in [5.41, 5.74) is 9.52. The lowest BCUT2D eigenvalue weighted by Gasteiger charge is -2.11. The summed E-state index contributed by atoms with van der Waals surface area (Å²) < 4.78 is 10.5. The van der Waals surface area contributed by atoms with E-state index in [2.05, 4.69) is 81.8 Å². The Morgan fingerprint density at radius 1 is 0.429 bits per heavy atom. The normalized spacial score (nSPS) is 11.7. The molecule has 230 valence electrons. The molecule has 10 rings (SSSR count). The second kappa shape index (κ2) is 10.9. The average Bonchev–Trinajstić information content (AvgIpc) is 3.83. The maximum absolute atomic E-state index is 6.26. The summed E-state index contributed by atoms with van der Waals surface area (Å²) in [6.07, 6.45) is 0. The van der Waals surface area contributed by atoms with Crippen molar-refractivity contribution < 1.29 is 4.42 Å². The van der Waals surface area contributed by atoms with Crippen LogP contribution in [0.4, 0.5) is 0 Å². The molecule has 7 heteroatoms. The van der Waals surface area contributed by atoms with Crippen LogP contribution < -0.4 is 0 Å². The summed E-state index contributed by atoms with van der Waals surface area (Å²) in [5.74, 6) is 2.35. The second-order valence-electron chi connectivity index (χ2n) is 12.0. The van der Waals surface area contributed by atoms with Crippen molar-refractivity contribution in [2.45, 2.75) is 0 Å². The summed E-state index contributed by atoms with van der Waals surface area (Å²) >= 11 is 0. The third-order valence-electron chi connectivity index (χ3n) is 9.03. The number of hydrogen-bond donors (Lipinski definition) is 0. The van der Waals surface area contributed by atoms with E-state index < -0.39 is 0 Å². The number of nitrogens with zero attached hydrogens (tertiary/aromatic N) is 6. The van der Waals surface area contributed by atoms with E-state index in [0.717, 1.165) is 66.5 Å². The number of rotatable bonds is 5. The van der Waals surface area contributed by atoms with Crippen LogP contribution in [0, 0.1) is 0 Å². The zero-order valence-electron chi connectivity index (χ0n) is 26.1. The van der Waals surface area contributed by atoms with Crippen molar-refractivity contribution in [2.75, 3.05) is 0 Å². The van der Waals surface area contributed by atoms with Gasteiger partial charge >= 0.3 is 5.84 Å². The Morgan fingerprint density at radius 3 is 1.69 bits per heavy atom. The van der Waals surface area contributed by atoms with Crippen molar-refractivity contribution in [3.05, 3.63) is 158 Å². The van der Waals surface area contributed by atoms with E-state index in [1.54, 1.807) is 0 Å². The van der Waals surface area contributed by atoms with E-state index in [9.17, 15) is 0 Å².